The smallest absolute Gasteiger partial charge is 0.294 e. The number of morpholine rings is 1. The lowest BCUT2D eigenvalue weighted by Crippen LogP contribution is -2.64. The first-order chi connectivity index (χ1) is 15.1. The summed E-state index contributed by atoms with van der Waals surface area (Å²) in [5.74, 6) is 0. The first kappa shape index (κ1) is 20.1. The van der Waals surface area contributed by atoms with Crippen LogP contribution in [0, 0.1) is 10.1 Å². The lowest BCUT2D eigenvalue weighted by Gasteiger charge is -2.47. The van der Waals surface area contributed by atoms with Gasteiger partial charge in [-0.15, -0.1) is 0 Å². The zero-order chi connectivity index (χ0) is 21.4. The van der Waals surface area contributed by atoms with Crippen molar-refractivity contribution in [2.24, 2.45) is 10.3 Å². The molecule has 2 aromatic rings. The number of para-hydroxylation sites is 2. The number of ether oxygens (including phenoxy) is 1. The predicted octanol–water partition coefficient (Wildman–Crippen LogP) is 4.71. The van der Waals surface area contributed by atoms with Crippen molar-refractivity contribution in [2.75, 3.05) is 31.3 Å². The molecule has 0 aromatic heterocycles. The average Bonchev–Trinajstić information content (AvgIpc) is 3.34. The summed E-state index contributed by atoms with van der Waals surface area (Å²) in [6, 6.07) is 14.3. The van der Waals surface area contributed by atoms with Crippen LogP contribution in [0.3, 0.4) is 0 Å². The molecule has 5 rings (SSSR count). The topological polar surface area (TPSA) is 83.6 Å². The standard InChI is InChI=1S/C22H22ClN5O3/c23-18-8-5-16(6-9-18)15-17-7-10-21-22(17,26-11-13-31-14-12-26)27(25-24-21)19-3-1-2-4-20(19)28(29)30/h1-6,8-9,15,21H,7,10-14H2. The molecule has 0 bridgehead atoms. The normalized spacial score (nSPS) is 27.1. The molecule has 0 spiro atoms. The third-order valence-corrected chi connectivity index (χ3v) is 6.49. The lowest BCUT2D eigenvalue weighted by molar-refractivity contribution is -0.384. The van der Waals surface area contributed by atoms with Gasteiger partial charge in [-0.05, 0) is 42.2 Å². The van der Waals surface area contributed by atoms with Gasteiger partial charge in [0.2, 0.25) is 0 Å². The number of nitro benzene ring substituents is 1. The molecule has 2 fully saturated rings. The van der Waals surface area contributed by atoms with Crippen LogP contribution in [0.1, 0.15) is 18.4 Å². The maximum absolute atomic E-state index is 11.8. The second-order valence-electron chi connectivity index (χ2n) is 7.86. The van der Waals surface area contributed by atoms with Gasteiger partial charge in [-0.25, -0.2) is 5.01 Å². The molecule has 2 aliphatic heterocycles. The minimum absolute atomic E-state index is 0.0208. The van der Waals surface area contributed by atoms with Crippen molar-refractivity contribution in [3.63, 3.8) is 0 Å². The van der Waals surface area contributed by atoms with Crippen LogP contribution in [0.4, 0.5) is 11.4 Å². The fraction of sp³-hybridized carbons (Fsp3) is 0.364. The number of anilines is 1. The van der Waals surface area contributed by atoms with E-state index in [2.05, 4.69) is 21.3 Å². The number of rotatable bonds is 4. The highest BCUT2D eigenvalue weighted by atomic mass is 35.5. The fourth-order valence-corrected chi connectivity index (χ4v) is 5.04. The average molecular weight is 440 g/mol. The van der Waals surface area contributed by atoms with Crippen LogP contribution in [0.25, 0.3) is 6.08 Å². The Morgan fingerprint density at radius 3 is 2.65 bits per heavy atom. The highest BCUT2D eigenvalue weighted by Gasteiger charge is 2.60. The van der Waals surface area contributed by atoms with E-state index in [1.54, 1.807) is 23.2 Å². The van der Waals surface area contributed by atoms with E-state index in [9.17, 15) is 10.1 Å². The quantitative estimate of drug-likeness (QED) is 0.508. The number of nitrogens with zero attached hydrogens (tertiary/aromatic N) is 5. The second kappa shape index (κ2) is 8.03. The first-order valence-electron chi connectivity index (χ1n) is 10.3. The molecule has 2 aromatic carbocycles. The van der Waals surface area contributed by atoms with Gasteiger partial charge in [-0.3, -0.25) is 15.0 Å². The van der Waals surface area contributed by atoms with Crippen molar-refractivity contribution >= 4 is 29.1 Å². The molecule has 31 heavy (non-hydrogen) atoms. The van der Waals surface area contributed by atoms with Gasteiger partial charge < -0.3 is 4.74 Å². The fourth-order valence-electron chi connectivity index (χ4n) is 4.91. The van der Waals surface area contributed by atoms with E-state index in [0.717, 1.165) is 24.0 Å². The van der Waals surface area contributed by atoms with Gasteiger partial charge in [0.25, 0.3) is 5.69 Å². The Morgan fingerprint density at radius 2 is 1.90 bits per heavy atom. The molecule has 0 N–H and O–H groups in total. The van der Waals surface area contributed by atoms with E-state index < -0.39 is 5.66 Å². The molecule has 0 amide bonds. The Morgan fingerprint density at radius 1 is 1.16 bits per heavy atom. The van der Waals surface area contributed by atoms with Crippen LogP contribution in [0.2, 0.25) is 5.02 Å². The van der Waals surface area contributed by atoms with Crippen LogP contribution in [0.15, 0.2) is 64.4 Å². The van der Waals surface area contributed by atoms with Crippen LogP contribution in [-0.4, -0.2) is 47.8 Å². The number of hydrogen-bond acceptors (Lipinski definition) is 7. The third kappa shape index (κ3) is 3.31. The summed E-state index contributed by atoms with van der Waals surface area (Å²) in [6.45, 7) is 2.62. The van der Waals surface area contributed by atoms with E-state index in [-0.39, 0.29) is 16.7 Å². The monoisotopic (exact) mass is 439 g/mol. The summed E-state index contributed by atoms with van der Waals surface area (Å²) in [5, 5.41) is 23.3. The molecular weight excluding hydrogens is 418 g/mol. The number of hydrogen-bond donors (Lipinski definition) is 0. The molecule has 2 heterocycles. The predicted molar refractivity (Wildman–Crippen MR) is 118 cm³/mol. The van der Waals surface area contributed by atoms with Crippen molar-refractivity contribution in [3.8, 4) is 0 Å². The summed E-state index contributed by atoms with van der Waals surface area (Å²) in [4.78, 5) is 13.8. The second-order valence-corrected chi connectivity index (χ2v) is 8.30. The number of benzene rings is 2. The maximum Gasteiger partial charge on any atom is 0.294 e. The van der Waals surface area contributed by atoms with Crippen LogP contribution in [-0.2, 0) is 4.74 Å². The molecule has 3 aliphatic rings. The molecule has 160 valence electrons. The third-order valence-electron chi connectivity index (χ3n) is 6.24. The minimum atomic E-state index is -0.685. The summed E-state index contributed by atoms with van der Waals surface area (Å²) in [6.07, 6.45) is 3.82. The number of fused-ring (bicyclic) bond motifs is 1. The molecule has 0 radical (unpaired) electrons. The first-order valence-corrected chi connectivity index (χ1v) is 10.7. The molecular formula is C22H22ClN5O3. The molecule has 2 atom stereocenters. The molecule has 2 unspecified atom stereocenters. The Labute approximate surface area is 184 Å². The van der Waals surface area contributed by atoms with Crippen molar-refractivity contribution in [1.82, 2.24) is 4.90 Å². The van der Waals surface area contributed by atoms with Gasteiger partial charge in [0, 0.05) is 24.2 Å². The van der Waals surface area contributed by atoms with Gasteiger partial charge in [0.1, 0.15) is 11.7 Å². The number of nitro groups is 1. The summed E-state index contributed by atoms with van der Waals surface area (Å²) >= 11 is 6.07. The van der Waals surface area contributed by atoms with Gasteiger partial charge >= 0.3 is 0 Å². The van der Waals surface area contributed by atoms with E-state index >= 15 is 0 Å². The van der Waals surface area contributed by atoms with Crippen LogP contribution >= 0.6 is 11.6 Å². The molecule has 1 saturated carbocycles. The largest absolute Gasteiger partial charge is 0.379 e. The van der Waals surface area contributed by atoms with E-state index in [1.165, 1.54) is 6.07 Å². The summed E-state index contributed by atoms with van der Waals surface area (Å²) in [5.41, 5.74) is 1.96. The Hall–Kier alpha value is -2.81. The van der Waals surface area contributed by atoms with Gasteiger partial charge in [-0.2, -0.15) is 5.11 Å². The zero-order valence-corrected chi connectivity index (χ0v) is 17.6. The van der Waals surface area contributed by atoms with Crippen molar-refractivity contribution < 1.29 is 9.66 Å². The Bertz CT molecular complexity index is 1050. The maximum atomic E-state index is 11.8. The Balaban J connectivity index is 1.67. The SMILES string of the molecule is O=[N+]([O-])c1ccccc1N1N=NC2CCC(=Cc3ccc(Cl)cc3)C21N1CCOCC1. The molecule has 9 heteroatoms. The van der Waals surface area contributed by atoms with Gasteiger partial charge in [-0.1, -0.05) is 47.2 Å². The van der Waals surface area contributed by atoms with E-state index in [1.807, 2.05) is 24.3 Å². The highest BCUT2D eigenvalue weighted by molar-refractivity contribution is 6.30. The van der Waals surface area contributed by atoms with E-state index in [0.29, 0.717) is 37.0 Å². The molecule has 1 saturated heterocycles. The number of halogens is 1. The highest BCUT2D eigenvalue weighted by Crippen LogP contribution is 2.52. The van der Waals surface area contributed by atoms with Crippen molar-refractivity contribution in [1.29, 1.82) is 0 Å². The van der Waals surface area contributed by atoms with Crippen molar-refractivity contribution in [3.05, 3.63) is 74.8 Å². The summed E-state index contributed by atoms with van der Waals surface area (Å²) in [7, 11) is 0. The summed E-state index contributed by atoms with van der Waals surface area (Å²) < 4.78 is 5.61. The van der Waals surface area contributed by atoms with Gasteiger partial charge in [0.15, 0.2) is 5.66 Å². The van der Waals surface area contributed by atoms with Gasteiger partial charge in [0.05, 0.1) is 18.1 Å². The minimum Gasteiger partial charge on any atom is -0.379 e. The van der Waals surface area contributed by atoms with E-state index in [4.69, 9.17) is 16.3 Å². The van der Waals surface area contributed by atoms with Crippen LogP contribution < -0.4 is 5.01 Å². The Kier molecular flexibility index (Phi) is 5.21. The zero-order valence-electron chi connectivity index (χ0n) is 16.9. The van der Waals surface area contributed by atoms with Crippen LogP contribution in [0.5, 0.6) is 0 Å². The lowest BCUT2D eigenvalue weighted by atomic mass is 9.93. The van der Waals surface area contributed by atoms with Crippen molar-refractivity contribution in [2.45, 2.75) is 24.5 Å². The molecule has 8 nitrogen and oxygen atoms in total. The molecule has 1 aliphatic carbocycles.